The Morgan fingerprint density at radius 3 is 2.28 bits per heavy atom. The number of aromatic nitrogens is 1. The van der Waals surface area contributed by atoms with Gasteiger partial charge in [-0.05, 0) is 79.8 Å². The molecule has 0 atom stereocenters. The van der Waals surface area contributed by atoms with Gasteiger partial charge in [-0.1, -0.05) is 54.6 Å². The Bertz CT molecular complexity index is 763. The molecule has 2 aromatic carbocycles. The number of hydrogen-bond acceptors (Lipinski definition) is 1. The molecule has 0 aliphatic heterocycles. The normalized spacial score (nSPS) is 10.8. The lowest BCUT2D eigenvalue weighted by atomic mass is 9.93. The van der Waals surface area contributed by atoms with Crippen molar-refractivity contribution in [3.8, 4) is 0 Å². The quantitative estimate of drug-likeness (QED) is 0.513. The molecule has 0 amide bonds. The molecule has 1 heterocycles. The molecule has 0 fully saturated rings. The lowest BCUT2D eigenvalue weighted by Gasteiger charge is -2.13. The number of hydrogen-bond donors (Lipinski definition) is 0. The van der Waals surface area contributed by atoms with Gasteiger partial charge >= 0.3 is 0 Å². The average Bonchev–Trinajstić information content (AvgIpc) is 2.65. The van der Waals surface area contributed by atoms with Crippen LogP contribution in [0.4, 0.5) is 0 Å². The zero-order valence-corrected chi connectivity index (χ0v) is 15.1. The molecule has 0 aliphatic rings. The molecule has 1 aromatic heterocycles. The summed E-state index contributed by atoms with van der Waals surface area (Å²) in [4.78, 5) is 4.44. The van der Waals surface area contributed by atoms with Gasteiger partial charge in [0.05, 0.1) is 0 Å². The first kappa shape index (κ1) is 17.4. The van der Waals surface area contributed by atoms with E-state index in [2.05, 4.69) is 72.6 Å². The van der Waals surface area contributed by atoms with Crippen molar-refractivity contribution in [1.82, 2.24) is 4.98 Å². The molecule has 0 N–H and O–H groups in total. The van der Waals surface area contributed by atoms with Gasteiger partial charge in [-0.15, -0.1) is 0 Å². The zero-order valence-electron chi connectivity index (χ0n) is 15.1. The first-order valence-corrected chi connectivity index (χ1v) is 9.34. The molecule has 0 bridgehead atoms. The Kier molecular flexibility index (Phi) is 6.39. The molecule has 3 rings (SSSR count). The second-order valence-corrected chi connectivity index (χ2v) is 6.73. The van der Waals surface area contributed by atoms with Crippen LogP contribution in [0.3, 0.4) is 0 Å². The van der Waals surface area contributed by atoms with Crippen LogP contribution in [-0.2, 0) is 25.7 Å². The van der Waals surface area contributed by atoms with E-state index in [-0.39, 0.29) is 0 Å². The summed E-state index contributed by atoms with van der Waals surface area (Å²) in [7, 11) is 0. The second kappa shape index (κ2) is 9.17. The van der Waals surface area contributed by atoms with E-state index in [9.17, 15) is 0 Å². The van der Waals surface area contributed by atoms with Crippen molar-refractivity contribution in [2.75, 3.05) is 0 Å². The van der Waals surface area contributed by atoms with Crippen LogP contribution in [0.1, 0.15) is 40.8 Å². The molecule has 25 heavy (non-hydrogen) atoms. The number of nitrogens with zero attached hydrogens (tertiary/aromatic N) is 1. The van der Waals surface area contributed by atoms with Crippen LogP contribution in [-0.4, -0.2) is 4.98 Å². The van der Waals surface area contributed by atoms with Crippen molar-refractivity contribution in [1.29, 1.82) is 0 Å². The molecular formula is C24H27N. The summed E-state index contributed by atoms with van der Waals surface area (Å²) in [5.41, 5.74) is 7.13. The van der Waals surface area contributed by atoms with Crippen molar-refractivity contribution in [2.24, 2.45) is 0 Å². The molecule has 0 aliphatic carbocycles. The second-order valence-electron chi connectivity index (χ2n) is 6.73. The summed E-state index contributed by atoms with van der Waals surface area (Å²) in [5.74, 6) is 0. The summed E-state index contributed by atoms with van der Waals surface area (Å²) in [6.07, 6.45) is 8.77. The Morgan fingerprint density at radius 2 is 1.48 bits per heavy atom. The minimum absolute atomic E-state index is 1.05. The molecule has 0 unspecified atom stereocenters. The first-order valence-electron chi connectivity index (χ1n) is 9.34. The Hall–Kier alpha value is -2.41. The van der Waals surface area contributed by atoms with Gasteiger partial charge in [0.1, 0.15) is 0 Å². The lowest BCUT2D eigenvalue weighted by molar-refractivity contribution is 0.766. The van der Waals surface area contributed by atoms with Crippen molar-refractivity contribution < 1.29 is 0 Å². The maximum Gasteiger partial charge on any atom is 0.0403 e. The lowest BCUT2D eigenvalue weighted by Crippen LogP contribution is -2.01. The molecule has 1 nitrogen and oxygen atoms in total. The van der Waals surface area contributed by atoms with Crippen LogP contribution in [0.15, 0.2) is 72.9 Å². The van der Waals surface area contributed by atoms with Gasteiger partial charge in [0, 0.05) is 11.9 Å². The average molecular weight is 329 g/mol. The highest BCUT2D eigenvalue weighted by molar-refractivity contribution is 5.35. The zero-order chi connectivity index (χ0) is 17.3. The number of aryl methyl sites for hydroxylation is 4. The van der Waals surface area contributed by atoms with Crippen LogP contribution in [0.25, 0.3) is 0 Å². The standard InChI is InChI=1S/C24H27N/c1-20-10-7-14-22(15-8-13-21-11-3-2-4-12-21)24(20)18-9-17-23-16-5-6-19-25-23/h2-7,10-12,14,16,19H,8-9,13,15,17-18H2,1H3. The molecule has 0 radical (unpaired) electrons. The van der Waals surface area contributed by atoms with E-state index in [1.54, 1.807) is 5.56 Å². The third-order valence-corrected chi connectivity index (χ3v) is 4.85. The third kappa shape index (κ3) is 5.29. The van der Waals surface area contributed by atoms with Crippen LogP contribution in [0, 0.1) is 6.92 Å². The van der Waals surface area contributed by atoms with E-state index in [0.717, 1.165) is 32.1 Å². The van der Waals surface area contributed by atoms with Gasteiger partial charge in [0.15, 0.2) is 0 Å². The van der Waals surface area contributed by atoms with Crippen molar-refractivity contribution in [3.05, 3.63) is 101 Å². The Morgan fingerprint density at radius 1 is 0.680 bits per heavy atom. The van der Waals surface area contributed by atoms with E-state index in [0.29, 0.717) is 0 Å². The minimum atomic E-state index is 1.05. The van der Waals surface area contributed by atoms with Gasteiger partial charge in [-0.25, -0.2) is 0 Å². The summed E-state index contributed by atoms with van der Waals surface area (Å²) < 4.78 is 0. The highest BCUT2D eigenvalue weighted by atomic mass is 14.7. The molecule has 3 aromatic rings. The smallest absolute Gasteiger partial charge is 0.0403 e. The SMILES string of the molecule is Cc1cccc(CCCc2ccccc2)c1CCCc1ccccn1. The molecule has 0 saturated carbocycles. The van der Waals surface area contributed by atoms with Gasteiger partial charge in [0.2, 0.25) is 0 Å². The highest BCUT2D eigenvalue weighted by Gasteiger charge is 2.06. The summed E-state index contributed by atoms with van der Waals surface area (Å²) in [6.45, 7) is 2.25. The van der Waals surface area contributed by atoms with Crippen molar-refractivity contribution in [3.63, 3.8) is 0 Å². The third-order valence-electron chi connectivity index (χ3n) is 4.85. The van der Waals surface area contributed by atoms with Crippen molar-refractivity contribution >= 4 is 0 Å². The van der Waals surface area contributed by atoms with E-state index >= 15 is 0 Å². The van der Waals surface area contributed by atoms with Gasteiger partial charge < -0.3 is 0 Å². The summed E-state index contributed by atoms with van der Waals surface area (Å²) in [6, 6.07) is 23.7. The molecule has 0 saturated heterocycles. The van der Waals surface area contributed by atoms with Crippen LogP contribution in [0.5, 0.6) is 0 Å². The van der Waals surface area contributed by atoms with Crippen LogP contribution in [0.2, 0.25) is 0 Å². The fraction of sp³-hybridized carbons (Fsp3) is 0.292. The van der Waals surface area contributed by atoms with Gasteiger partial charge in [0.25, 0.3) is 0 Å². The van der Waals surface area contributed by atoms with E-state index < -0.39 is 0 Å². The van der Waals surface area contributed by atoms with Gasteiger partial charge in [-0.3, -0.25) is 4.98 Å². The first-order chi connectivity index (χ1) is 12.3. The van der Waals surface area contributed by atoms with E-state index in [1.165, 1.54) is 28.8 Å². The van der Waals surface area contributed by atoms with Crippen LogP contribution >= 0.6 is 0 Å². The fourth-order valence-corrected chi connectivity index (χ4v) is 3.47. The van der Waals surface area contributed by atoms with Gasteiger partial charge in [-0.2, -0.15) is 0 Å². The molecule has 1 heteroatoms. The predicted octanol–water partition coefficient (Wildman–Crippen LogP) is 5.74. The Labute approximate surface area is 151 Å². The van der Waals surface area contributed by atoms with Crippen molar-refractivity contribution in [2.45, 2.75) is 45.4 Å². The number of benzene rings is 2. The summed E-state index contributed by atoms with van der Waals surface area (Å²) >= 11 is 0. The Balaban J connectivity index is 1.57. The number of rotatable bonds is 8. The predicted molar refractivity (Wildman–Crippen MR) is 106 cm³/mol. The van der Waals surface area contributed by atoms with E-state index in [1.807, 2.05) is 12.3 Å². The van der Waals surface area contributed by atoms with E-state index in [4.69, 9.17) is 0 Å². The maximum absolute atomic E-state index is 4.44. The summed E-state index contributed by atoms with van der Waals surface area (Å²) in [5, 5.41) is 0. The monoisotopic (exact) mass is 329 g/mol. The largest absolute Gasteiger partial charge is 0.261 e. The molecule has 0 spiro atoms. The fourth-order valence-electron chi connectivity index (χ4n) is 3.47. The minimum Gasteiger partial charge on any atom is -0.261 e. The number of pyridine rings is 1. The highest BCUT2D eigenvalue weighted by Crippen LogP contribution is 2.19. The maximum atomic E-state index is 4.44. The van der Waals surface area contributed by atoms with Crippen LogP contribution < -0.4 is 0 Å². The molecule has 128 valence electrons. The topological polar surface area (TPSA) is 12.9 Å². The molecular weight excluding hydrogens is 302 g/mol.